The number of rotatable bonds is 1. The number of benzene rings is 1. The van der Waals surface area contributed by atoms with Crippen molar-refractivity contribution in [1.82, 2.24) is 0 Å². The monoisotopic (exact) mass is 169 g/mol. The van der Waals surface area contributed by atoms with Crippen molar-refractivity contribution in [2.24, 2.45) is 5.14 Å². The zero-order valence-electron chi connectivity index (χ0n) is 5.69. The van der Waals surface area contributed by atoms with E-state index in [1.54, 1.807) is 0 Å². The van der Waals surface area contributed by atoms with Crippen LogP contribution >= 0.6 is 0 Å². The third-order valence-electron chi connectivity index (χ3n) is 1.21. The van der Waals surface area contributed by atoms with Crippen LogP contribution < -0.4 is 5.14 Å². The van der Waals surface area contributed by atoms with Crippen LogP contribution in [0.4, 0.5) is 0 Å². The second kappa shape index (κ2) is 2.64. The second-order valence-electron chi connectivity index (χ2n) is 2.11. The molecule has 0 unspecified atom stereocenters. The normalized spacial score (nSPS) is 11.5. The molecular weight excluding hydrogens is 162 g/mol. The second-order valence-corrected chi connectivity index (χ2v) is 3.68. The summed E-state index contributed by atoms with van der Waals surface area (Å²) in [5, 5.41) is 4.84. The molecule has 58 valence electrons. The van der Waals surface area contributed by atoms with E-state index in [4.69, 9.17) is 12.1 Å². The van der Waals surface area contributed by atoms with E-state index in [0.717, 1.165) is 0 Å². The first-order valence-electron chi connectivity index (χ1n) is 2.88. The van der Waals surface area contributed by atoms with E-state index < -0.39 is 10.0 Å². The molecule has 1 aromatic rings. The van der Waals surface area contributed by atoms with Crippen molar-refractivity contribution < 1.29 is 8.42 Å². The molecule has 0 atom stereocenters. The van der Waals surface area contributed by atoms with Crippen molar-refractivity contribution >= 4 is 10.0 Å². The van der Waals surface area contributed by atoms with Crippen molar-refractivity contribution in [3.8, 4) is 0 Å². The summed E-state index contributed by atoms with van der Waals surface area (Å²) in [7, 11) is -3.58. The topological polar surface area (TPSA) is 60.2 Å². The molecule has 11 heavy (non-hydrogen) atoms. The number of sulfonamides is 1. The van der Waals surface area contributed by atoms with Crippen LogP contribution in [0.15, 0.2) is 29.2 Å². The highest BCUT2D eigenvalue weighted by Crippen LogP contribution is 2.06. The summed E-state index contributed by atoms with van der Waals surface area (Å²) in [6.07, 6.45) is 0. The smallest absolute Gasteiger partial charge is 0.225 e. The molecular formula is C7H7NO2S. The molecule has 0 saturated heterocycles. The average molecular weight is 169 g/mol. The molecule has 0 bridgehead atoms. The summed E-state index contributed by atoms with van der Waals surface area (Å²) in [6.45, 7) is 5.33. The van der Waals surface area contributed by atoms with E-state index in [2.05, 4.69) is 0 Å². The lowest BCUT2D eigenvalue weighted by Gasteiger charge is -1.96. The van der Waals surface area contributed by atoms with E-state index in [9.17, 15) is 8.42 Å². The SMILES string of the molecule is [CH]c1ccc(S(N)(=O)=O)cc1. The predicted molar refractivity (Wildman–Crippen MR) is 41.2 cm³/mol. The van der Waals surface area contributed by atoms with E-state index in [1.165, 1.54) is 24.3 Å². The van der Waals surface area contributed by atoms with Crippen LogP contribution in [0.25, 0.3) is 0 Å². The van der Waals surface area contributed by atoms with Crippen molar-refractivity contribution in [3.05, 3.63) is 36.8 Å². The van der Waals surface area contributed by atoms with Gasteiger partial charge < -0.3 is 0 Å². The minimum atomic E-state index is -3.58. The first-order chi connectivity index (χ1) is 5.00. The Labute approximate surface area is 65.9 Å². The van der Waals surface area contributed by atoms with Crippen LogP contribution in [0.1, 0.15) is 5.56 Å². The van der Waals surface area contributed by atoms with E-state index >= 15 is 0 Å². The largest absolute Gasteiger partial charge is 0.238 e. The zero-order chi connectivity index (χ0) is 8.48. The molecule has 0 heterocycles. The van der Waals surface area contributed by atoms with Gasteiger partial charge in [0.05, 0.1) is 4.90 Å². The summed E-state index contributed by atoms with van der Waals surface area (Å²) < 4.78 is 21.4. The molecule has 0 fully saturated rings. The zero-order valence-corrected chi connectivity index (χ0v) is 6.51. The van der Waals surface area contributed by atoms with Crippen LogP contribution in [-0.2, 0) is 10.0 Å². The highest BCUT2D eigenvalue weighted by Gasteiger charge is 2.04. The number of nitrogens with two attached hydrogens (primary N) is 1. The van der Waals surface area contributed by atoms with Gasteiger partial charge in [-0.15, -0.1) is 0 Å². The van der Waals surface area contributed by atoms with E-state index in [0.29, 0.717) is 5.56 Å². The molecule has 0 aromatic heterocycles. The van der Waals surface area contributed by atoms with Crippen LogP contribution in [0.3, 0.4) is 0 Å². The number of hydrogen-bond donors (Lipinski definition) is 1. The molecule has 0 saturated carbocycles. The minimum Gasteiger partial charge on any atom is -0.225 e. The van der Waals surface area contributed by atoms with Gasteiger partial charge in [0.15, 0.2) is 0 Å². The summed E-state index contributed by atoms with van der Waals surface area (Å²) in [6, 6.07) is 5.70. The maximum absolute atomic E-state index is 10.7. The van der Waals surface area contributed by atoms with Crippen LogP contribution in [-0.4, -0.2) is 8.42 Å². The van der Waals surface area contributed by atoms with Crippen molar-refractivity contribution in [1.29, 1.82) is 0 Å². The van der Waals surface area contributed by atoms with Crippen molar-refractivity contribution in [2.75, 3.05) is 0 Å². The molecule has 0 aliphatic carbocycles. The van der Waals surface area contributed by atoms with Crippen molar-refractivity contribution in [3.63, 3.8) is 0 Å². The van der Waals surface area contributed by atoms with Gasteiger partial charge in [-0.25, -0.2) is 13.6 Å². The maximum Gasteiger partial charge on any atom is 0.238 e. The third-order valence-corrected chi connectivity index (χ3v) is 2.14. The van der Waals surface area contributed by atoms with Crippen LogP contribution in [0, 0.1) is 6.92 Å². The molecule has 4 heteroatoms. The predicted octanol–water partition coefficient (Wildman–Crippen LogP) is 0.393. The lowest BCUT2D eigenvalue weighted by Crippen LogP contribution is -2.11. The Morgan fingerprint density at radius 1 is 1.18 bits per heavy atom. The van der Waals surface area contributed by atoms with Gasteiger partial charge in [0.2, 0.25) is 10.0 Å². The van der Waals surface area contributed by atoms with Gasteiger partial charge in [0.1, 0.15) is 0 Å². The lowest BCUT2D eigenvalue weighted by molar-refractivity contribution is 0.598. The minimum absolute atomic E-state index is 0.0756. The van der Waals surface area contributed by atoms with Gasteiger partial charge in [-0.3, -0.25) is 0 Å². The Kier molecular flexibility index (Phi) is 1.97. The van der Waals surface area contributed by atoms with Gasteiger partial charge in [0.25, 0.3) is 0 Å². The molecule has 0 aliphatic rings. The summed E-state index contributed by atoms with van der Waals surface area (Å²) >= 11 is 0. The number of hydrogen-bond acceptors (Lipinski definition) is 2. The fraction of sp³-hybridized carbons (Fsp3) is 0. The fourth-order valence-corrected chi connectivity index (χ4v) is 1.17. The summed E-state index contributed by atoms with van der Waals surface area (Å²) in [4.78, 5) is 0.0756. The summed E-state index contributed by atoms with van der Waals surface area (Å²) in [5.74, 6) is 0. The Morgan fingerprint density at radius 3 is 2.00 bits per heavy atom. The molecule has 1 aromatic carbocycles. The molecule has 2 N–H and O–H groups in total. The molecule has 0 amide bonds. The van der Waals surface area contributed by atoms with Crippen LogP contribution in [0.5, 0.6) is 0 Å². The third kappa shape index (κ3) is 2.03. The molecule has 3 nitrogen and oxygen atoms in total. The van der Waals surface area contributed by atoms with Gasteiger partial charge in [0, 0.05) is 0 Å². The standard InChI is InChI=1S/C7H7NO2S/c1-6-2-4-7(5-3-6)11(8,9)10/h1-5H,(H2,8,9,10). The Morgan fingerprint density at radius 2 is 1.64 bits per heavy atom. The van der Waals surface area contributed by atoms with E-state index in [-0.39, 0.29) is 4.90 Å². The highest BCUT2D eigenvalue weighted by atomic mass is 32.2. The molecule has 0 aliphatic heterocycles. The fourth-order valence-electron chi connectivity index (χ4n) is 0.658. The molecule has 2 radical (unpaired) electrons. The molecule has 0 spiro atoms. The number of primary sulfonamides is 1. The lowest BCUT2D eigenvalue weighted by atomic mass is 10.2. The van der Waals surface area contributed by atoms with Gasteiger partial charge in [-0.05, 0) is 24.6 Å². The first-order valence-corrected chi connectivity index (χ1v) is 4.43. The average Bonchev–Trinajstić information content (AvgIpc) is 1.86. The van der Waals surface area contributed by atoms with Gasteiger partial charge >= 0.3 is 0 Å². The Bertz CT molecular complexity index is 339. The van der Waals surface area contributed by atoms with Gasteiger partial charge in [-0.1, -0.05) is 12.1 Å². The highest BCUT2D eigenvalue weighted by molar-refractivity contribution is 7.89. The molecule has 1 rings (SSSR count). The van der Waals surface area contributed by atoms with Crippen LogP contribution in [0.2, 0.25) is 0 Å². The maximum atomic E-state index is 10.7. The quantitative estimate of drug-likeness (QED) is 0.661. The first kappa shape index (κ1) is 8.23. The van der Waals surface area contributed by atoms with Gasteiger partial charge in [-0.2, -0.15) is 0 Å². The Hall–Kier alpha value is -0.870. The Balaban J connectivity index is 3.20. The van der Waals surface area contributed by atoms with E-state index in [1.807, 2.05) is 0 Å². The summed E-state index contributed by atoms with van der Waals surface area (Å²) in [5.41, 5.74) is 0.511. The van der Waals surface area contributed by atoms with Crippen molar-refractivity contribution in [2.45, 2.75) is 4.90 Å².